The lowest BCUT2D eigenvalue weighted by Crippen LogP contribution is -2.20. The van der Waals surface area contributed by atoms with E-state index in [4.69, 9.17) is 21.9 Å². The summed E-state index contributed by atoms with van der Waals surface area (Å²) in [7, 11) is 0. The maximum Gasteiger partial charge on any atom is 0.340 e. The van der Waals surface area contributed by atoms with Crippen molar-refractivity contribution >= 4 is 11.7 Å². The molecule has 0 atom stereocenters. The minimum absolute atomic E-state index is 0.342. The minimum Gasteiger partial charge on any atom is -0.462 e. The van der Waals surface area contributed by atoms with Crippen molar-refractivity contribution in [3.63, 3.8) is 0 Å². The van der Waals surface area contributed by atoms with Gasteiger partial charge in [-0.05, 0) is 24.1 Å². The van der Waals surface area contributed by atoms with E-state index in [2.05, 4.69) is 6.92 Å². The normalized spacial score (nSPS) is 10.7. The molecule has 100 valence electrons. The lowest BCUT2D eigenvalue weighted by Gasteiger charge is -2.10. The summed E-state index contributed by atoms with van der Waals surface area (Å²) in [5, 5.41) is 0. The molecule has 0 unspecified atom stereocenters. The summed E-state index contributed by atoms with van der Waals surface area (Å²) in [6.07, 6.45) is 2.40. The molecule has 0 aromatic heterocycles. The Morgan fingerprint density at radius 1 is 1.33 bits per heavy atom. The van der Waals surface area contributed by atoms with Crippen LogP contribution in [-0.2, 0) is 4.74 Å². The molecular weight excluding hydrogens is 230 g/mol. The van der Waals surface area contributed by atoms with Crippen LogP contribution in [0.3, 0.4) is 0 Å². The van der Waals surface area contributed by atoms with Crippen LogP contribution in [0.5, 0.6) is 0 Å². The van der Waals surface area contributed by atoms with Gasteiger partial charge in [-0.15, -0.1) is 0 Å². The molecule has 6 N–H and O–H groups in total. The van der Waals surface area contributed by atoms with Crippen LogP contribution in [0.4, 0.5) is 5.69 Å². The van der Waals surface area contributed by atoms with Gasteiger partial charge in [0.05, 0.1) is 18.3 Å². The van der Waals surface area contributed by atoms with Crippen molar-refractivity contribution in [1.29, 1.82) is 0 Å². The van der Waals surface area contributed by atoms with Gasteiger partial charge in [0.2, 0.25) is 0 Å². The van der Waals surface area contributed by atoms with E-state index >= 15 is 0 Å². The predicted octanol–water partition coefficient (Wildman–Crippen LogP) is 1.53. The Balaban J connectivity index is 2.63. The third kappa shape index (κ3) is 4.01. The molecule has 0 aliphatic carbocycles. The summed E-state index contributed by atoms with van der Waals surface area (Å²) in [4.78, 5) is 11.7. The number of ether oxygens (including phenoxy) is 1. The SMILES string of the molecule is CCCCCOC(=O)c1ccc(C(N)N)cc1N. The zero-order chi connectivity index (χ0) is 13.5. The van der Waals surface area contributed by atoms with Crippen LogP contribution in [0.1, 0.15) is 48.3 Å². The number of esters is 1. The second kappa shape index (κ2) is 6.98. The maximum absolute atomic E-state index is 11.7. The average molecular weight is 251 g/mol. The summed E-state index contributed by atoms with van der Waals surface area (Å²) in [5.41, 5.74) is 18.2. The topological polar surface area (TPSA) is 104 Å². The molecule has 0 fully saturated rings. The largest absolute Gasteiger partial charge is 0.462 e. The molecule has 0 amide bonds. The molecule has 0 spiro atoms. The molecule has 5 heteroatoms. The Bertz CT molecular complexity index is 405. The Morgan fingerprint density at radius 2 is 2.06 bits per heavy atom. The van der Waals surface area contributed by atoms with Gasteiger partial charge in [-0.25, -0.2) is 4.79 Å². The quantitative estimate of drug-likeness (QED) is 0.308. The third-order valence-corrected chi connectivity index (χ3v) is 2.66. The Hall–Kier alpha value is -1.59. The molecule has 0 heterocycles. The number of hydrogen-bond donors (Lipinski definition) is 3. The molecule has 1 aromatic rings. The molecule has 0 saturated carbocycles. The van der Waals surface area contributed by atoms with Crippen LogP contribution < -0.4 is 17.2 Å². The number of hydrogen-bond acceptors (Lipinski definition) is 5. The van der Waals surface area contributed by atoms with Gasteiger partial charge in [-0.2, -0.15) is 0 Å². The molecule has 1 rings (SSSR count). The van der Waals surface area contributed by atoms with Gasteiger partial charge in [0.1, 0.15) is 0 Å². The second-order valence-corrected chi connectivity index (χ2v) is 4.22. The van der Waals surface area contributed by atoms with E-state index in [-0.39, 0.29) is 0 Å². The van der Waals surface area contributed by atoms with Crippen LogP contribution >= 0.6 is 0 Å². The van der Waals surface area contributed by atoms with Crippen molar-refractivity contribution in [2.45, 2.75) is 32.4 Å². The number of benzene rings is 1. The standard InChI is InChI=1S/C13H21N3O2/c1-2-3-4-7-18-13(17)10-6-5-9(12(15)16)8-11(10)14/h5-6,8,12H,2-4,7,14-16H2,1H3. The highest BCUT2D eigenvalue weighted by molar-refractivity contribution is 5.95. The fourth-order valence-corrected chi connectivity index (χ4v) is 1.57. The first kappa shape index (κ1) is 14.5. The van der Waals surface area contributed by atoms with Crippen LogP contribution in [0.2, 0.25) is 0 Å². The summed E-state index contributed by atoms with van der Waals surface area (Å²) < 4.78 is 5.13. The number of anilines is 1. The van der Waals surface area contributed by atoms with Gasteiger partial charge in [0.15, 0.2) is 0 Å². The van der Waals surface area contributed by atoms with Gasteiger partial charge < -0.3 is 21.9 Å². The summed E-state index contributed by atoms with van der Waals surface area (Å²) in [5.74, 6) is -0.402. The summed E-state index contributed by atoms with van der Waals surface area (Å²) in [6.45, 7) is 2.51. The van der Waals surface area contributed by atoms with E-state index in [1.807, 2.05) is 0 Å². The predicted molar refractivity (Wildman–Crippen MR) is 71.8 cm³/mol. The Kier molecular flexibility index (Phi) is 5.61. The number of carbonyl (C=O) groups excluding carboxylic acids is 1. The van der Waals surface area contributed by atoms with E-state index in [1.165, 1.54) is 0 Å². The fourth-order valence-electron chi connectivity index (χ4n) is 1.57. The molecule has 0 saturated heterocycles. The minimum atomic E-state index is -0.595. The smallest absolute Gasteiger partial charge is 0.340 e. The number of carbonyl (C=O) groups is 1. The van der Waals surface area contributed by atoms with E-state index in [1.54, 1.807) is 18.2 Å². The van der Waals surface area contributed by atoms with Crippen LogP contribution in [0.25, 0.3) is 0 Å². The van der Waals surface area contributed by atoms with E-state index < -0.39 is 12.1 Å². The van der Waals surface area contributed by atoms with Crippen molar-refractivity contribution in [1.82, 2.24) is 0 Å². The fraction of sp³-hybridized carbons (Fsp3) is 0.462. The Morgan fingerprint density at radius 3 is 2.61 bits per heavy atom. The van der Waals surface area contributed by atoms with E-state index in [9.17, 15) is 4.79 Å². The Labute approximate surface area is 107 Å². The van der Waals surface area contributed by atoms with Gasteiger partial charge in [0, 0.05) is 5.69 Å². The van der Waals surface area contributed by atoms with E-state index in [0.717, 1.165) is 19.3 Å². The zero-order valence-electron chi connectivity index (χ0n) is 10.7. The first-order valence-corrected chi connectivity index (χ1v) is 6.14. The maximum atomic E-state index is 11.7. The number of unbranched alkanes of at least 4 members (excludes halogenated alkanes) is 2. The molecule has 1 aromatic carbocycles. The molecule has 18 heavy (non-hydrogen) atoms. The van der Waals surface area contributed by atoms with Crippen molar-refractivity contribution in [2.24, 2.45) is 11.5 Å². The summed E-state index contributed by atoms with van der Waals surface area (Å²) >= 11 is 0. The number of nitrogen functional groups attached to an aromatic ring is 1. The number of rotatable bonds is 6. The summed E-state index contributed by atoms with van der Waals surface area (Å²) in [6, 6.07) is 4.89. The highest BCUT2D eigenvalue weighted by Gasteiger charge is 2.12. The molecule has 0 bridgehead atoms. The molecular formula is C13H21N3O2. The first-order chi connectivity index (χ1) is 8.56. The second-order valence-electron chi connectivity index (χ2n) is 4.22. The average Bonchev–Trinajstić information content (AvgIpc) is 2.34. The number of nitrogens with two attached hydrogens (primary N) is 3. The van der Waals surface area contributed by atoms with Gasteiger partial charge in [0.25, 0.3) is 0 Å². The van der Waals surface area contributed by atoms with Gasteiger partial charge >= 0.3 is 5.97 Å². The molecule has 0 aliphatic heterocycles. The van der Waals surface area contributed by atoms with Gasteiger partial charge in [-0.3, -0.25) is 0 Å². The highest BCUT2D eigenvalue weighted by atomic mass is 16.5. The van der Waals surface area contributed by atoms with Crippen molar-refractivity contribution in [3.05, 3.63) is 29.3 Å². The van der Waals surface area contributed by atoms with Crippen molar-refractivity contribution < 1.29 is 9.53 Å². The molecule has 0 aliphatic rings. The lowest BCUT2D eigenvalue weighted by molar-refractivity contribution is 0.0499. The van der Waals surface area contributed by atoms with Crippen LogP contribution in [0.15, 0.2) is 18.2 Å². The van der Waals surface area contributed by atoms with E-state index in [0.29, 0.717) is 23.4 Å². The van der Waals surface area contributed by atoms with Crippen LogP contribution in [0, 0.1) is 0 Å². The lowest BCUT2D eigenvalue weighted by atomic mass is 10.1. The third-order valence-electron chi connectivity index (χ3n) is 2.66. The highest BCUT2D eigenvalue weighted by Crippen LogP contribution is 2.17. The van der Waals surface area contributed by atoms with Crippen molar-refractivity contribution in [3.8, 4) is 0 Å². The molecule has 5 nitrogen and oxygen atoms in total. The molecule has 0 radical (unpaired) electrons. The van der Waals surface area contributed by atoms with Gasteiger partial charge in [-0.1, -0.05) is 25.8 Å². The monoisotopic (exact) mass is 251 g/mol. The van der Waals surface area contributed by atoms with Crippen molar-refractivity contribution in [2.75, 3.05) is 12.3 Å². The zero-order valence-corrected chi connectivity index (χ0v) is 10.7. The first-order valence-electron chi connectivity index (χ1n) is 6.14. The van der Waals surface area contributed by atoms with Crippen LogP contribution in [-0.4, -0.2) is 12.6 Å².